The zero-order valence-corrected chi connectivity index (χ0v) is 20.5. The van der Waals surface area contributed by atoms with Crippen LogP contribution in [0.4, 0.5) is 26.3 Å². The minimum Gasteiger partial charge on any atom is -0.366 e. The van der Waals surface area contributed by atoms with Crippen LogP contribution >= 0.6 is 0 Å². The Bertz CT molecular complexity index is 1350. The second-order valence-electron chi connectivity index (χ2n) is 9.24. The summed E-state index contributed by atoms with van der Waals surface area (Å²) in [6.45, 7) is -0.139. The number of hydrogen-bond acceptors (Lipinski definition) is 4. The summed E-state index contributed by atoms with van der Waals surface area (Å²) in [5.41, 5.74) is 1.57. The van der Waals surface area contributed by atoms with E-state index in [2.05, 4.69) is 0 Å². The highest BCUT2D eigenvalue weighted by molar-refractivity contribution is 7.89. The Morgan fingerprint density at radius 2 is 1.47 bits per heavy atom. The number of benzene rings is 2. The maximum Gasteiger partial charge on any atom is 0.417 e. The second-order valence-corrected chi connectivity index (χ2v) is 11.1. The molecular formula is C24H23F6N3O4S. The molecule has 206 valence electrons. The van der Waals surface area contributed by atoms with Crippen LogP contribution in [-0.2, 0) is 22.4 Å². The Hall–Kier alpha value is -3.13. The zero-order valence-electron chi connectivity index (χ0n) is 19.7. The fraction of sp³-hybridized carbons (Fsp3) is 0.417. The molecule has 0 spiro atoms. The van der Waals surface area contributed by atoms with Crippen LogP contribution in [0.25, 0.3) is 0 Å². The number of nitrogens with two attached hydrogens (primary N) is 1. The lowest BCUT2D eigenvalue weighted by Gasteiger charge is -2.38. The standard InChI is InChI=1S/C24H23F6N3O4S/c25-23(26,27)15-2-1-3-18(13-15)38(36,37)33(16-5-6-16)17-8-10-32(11-9-17)22(35)19-7-4-14(21(31)34)12-20(19)24(28,29)30/h1-4,7,12-13,16-17H,5-6,8-11H2,(H2,31,34). The van der Waals surface area contributed by atoms with Gasteiger partial charge in [-0.1, -0.05) is 6.07 Å². The van der Waals surface area contributed by atoms with Crippen molar-refractivity contribution in [2.45, 2.75) is 55.0 Å². The number of halogens is 6. The Morgan fingerprint density at radius 3 is 2.00 bits per heavy atom. The van der Waals surface area contributed by atoms with Crippen LogP contribution in [0.3, 0.4) is 0 Å². The van der Waals surface area contributed by atoms with Gasteiger partial charge < -0.3 is 10.6 Å². The van der Waals surface area contributed by atoms with Gasteiger partial charge in [0.1, 0.15) is 0 Å². The molecule has 7 nitrogen and oxygen atoms in total. The topological polar surface area (TPSA) is 101 Å². The average Bonchev–Trinajstić information content (AvgIpc) is 3.67. The lowest BCUT2D eigenvalue weighted by Crippen LogP contribution is -2.49. The number of carbonyl (C=O) groups excluding carboxylic acids is 2. The number of sulfonamides is 1. The minimum atomic E-state index is -4.93. The van der Waals surface area contributed by atoms with Gasteiger partial charge in [0.2, 0.25) is 15.9 Å². The SMILES string of the molecule is NC(=O)c1ccc(C(=O)N2CCC(N(C3CC3)S(=O)(=O)c3cccc(C(F)(F)F)c3)CC2)c(C(F)(F)F)c1. The molecule has 38 heavy (non-hydrogen) atoms. The third-order valence-corrected chi connectivity index (χ3v) is 8.60. The predicted octanol–water partition coefficient (Wildman–Crippen LogP) is 4.28. The van der Waals surface area contributed by atoms with Crippen molar-refractivity contribution in [3.05, 3.63) is 64.7 Å². The summed E-state index contributed by atoms with van der Waals surface area (Å²) in [5.74, 6) is -2.03. The normalized spacial score (nSPS) is 17.6. The molecule has 1 saturated heterocycles. The summed E-state index contributed by atoms with van der Waals surface area (Å²) in [6.07, 6.45) is -8.44. The number of carbonyl (C=O) groups is 2. The highest BCUT2D eigenvalue weighted by atomic mass is 32.2. The molecule has 0 radical (unpaired) electrons. The van der Waals surface area contributed by atoms with Gasteiger partial charge in [0.05, 0.1) is 21.6 Å². The zero-order chi connectivity index (χ0) is 28.0. The van der Waals surface area contributed by atoms with Gasteiger partial charge in [-0.05, 0) is 62.1 Å². The van der Waals surface area contributed by atoms with Crippen LogP contribution in [0, 0.1) is 0 Å². The summed E-state index contributed by atoms with van der Waals surface area (Å²) in [6, 6.07) is 4.83. The first kappa shape index (κ1) is 27.9. The van der Waals surface area contributed by atoms with Gasteiger partial charge >= 0.3 is 12.4 Å². The van der Waals surface area contributed by atoms with Gasteiger partial charge in [0.15, 0.2) is 0 Å². The molecule has 1 heterocycles. The van der Waals surface area contributed by atoms with E-state index < -0.39 is 73.4 Å². The molecule has 14 heteroatoms. The fourth-order valence-electron chi connectivity index (χ4n) is 4.59. The molecule has 1 aliphatic heterocycles. The summed E-state index contributed by atoms with van der Waals surface area (Å²) >= 11 is 0. The first-order valence-corrected chi connectivity index (χ1v) is 13.1. The molecule has 2 aliphatic rings. The lowest BCUT2D eigenvalue weighted by molar-refractivity contribution is -0.138. The van der Waals surface area contributed by atoms with Crippen molar-refractivity contribution in [2.24, 2.45) is 5.73 Å². The Kier molecular flexibility index (Phi) is 7.25. The van der Waals surface area contributed by atoms with Crippen LogP contribution < -0.4 is 5.73 Å². The van der Waals surface area contributed by atoms with E-state index in [0.29, 0.717) is 25.0 Å². The molecule has 2 N–H and O–H groups in total. The van der Waals surface area contributed by atoms with Crippen molar-refractivity contribution >= 4 is 21.8 Å². The summed E-state index contributed by atoms with van der Waals surface area (Å²) in [4.78, 5) is 25.0. The van der Waals surface area contributed by atoms with Crippen molar-refractivity contribution in [3.8, 4) is 0 Å². The summed E-state index contributed by atoms with van der Waals surface area (Å²) in [7, 11) is -4.31. The van der Waals surface area contributed by atoms with Crippen molar-refractivity contribution in [3.63, 3.8) is 0 Å². The highest BCUT2D eigenvalue weighted by Gasteiger charge is 2.45. The largest absolute Gasteiger partial charge is 0.417 e. The smallest absolute Gasteiger partial charge is 0.366 e. The van der Waals surface area contributed by atoms with Gasteiger partial charge in [0, 0.05) is 30.7 Å². The molecular weight excluding hydrogens is 540 g/mol. The first-order chi connectivity index (χ1) is 17.6. The van der Waals surface area contributed by atoms with E-state index in [-0.39, 0.29) is 25.9 Å². The molecule has 2 aromatic carbocycles. The molecule has 2 aromatic rings. The average molecular weight is 564 g/mol. The summed E-state index contributed by atoms with van der Waals surface area (Å²) in [5, 5.41) is 0. The second kappa shape index (κ2) is 9.88. The molecule has 0 bridgehead atoms. The maximum absolute atomic E-state index is 13.6. The third kappa shape index (κ3) is 5.65. The number of primary amides is 1. The lowest BCUT2D eigenvalue weighted by atomic mass is 9.99. The molecule has 2 amide bonds. The van der Waals surface area contributed by atoms with Crippen LogP contribution in [0.5, 0.6) is 0 Å². The minimum absolute atomic E-state index is 0.0697. The van der Waals surface area contributed by atoms with Crippen molar-refractivity contribution < 1.29 is 44.3 Å². The van der Waals surface area contributed by atoms with Gasteiger partial charge in [-0.2, -0.15) is 30.6 Å². The number of alkyl halides is 6. The molecule has 4 rings (SSSR count). The number of amides is 2. The van der Waals surface area contributed by atoms with Crippen LogP contribution in [0.1, 0.15) is 57.5 Å². The van der Waals surface area contributed by atoms with Crippen molar-refractivity contribution in [1.29, 1.82) is 0 Å². The molecule has 1 saturated carbocycles. The van der Waals surface area contributed by atoms with Crippen molar-refractivity contribution in [2.75, 3.05) is 13.1 Å². The first-order valence-electron chi connectivity index (χ1n) is 11.6. The van der Waals surface area contributed by atoms with Gasteiger partial charge in [0.25, 0.3) is 5.91 Å². The Morgan fingerprint density at radius 1 is 0.868 bits per heavy atom. The fourth-order valence-corrected chi connectivity index (χ4v) is 6.56. The molecule has 2 fully saturated rings. The van der Waals surface area contributed by atoms with E-state index in [1.807, 2.05) is 0 Å². The monoisotopic (exact) mass is 563 g/mol. The van der Waals surface area contributed by atoms with E-state index >= 15 is 0 Å². The summed E-state index contributed by atoms with van der Waals surface area (Å²) < 4.78 is 108. The molecule has 0 aromatic heterocycles. The maximum atomic E-state index is 13.6. The highest BCUT2D eigenvalue weighted by Crippen LogP contribution is 2.39. The third-order valence-electron chi connectivity index (χ3n) is 6.60. The molecule has 1 aliphatic carbocycles. The van der Waals surface area contributed by atoms with E-state index in [1.54, 1.807) is 0 Å². The Labute approximate surface area is 214 Å². The Balaban J connectivity index is 1.55. The number of likely N-dealkylation sites (tertiary alicyclic amines) is 1. The van der Waals surface area contributed by atoms with E-state index in [4.69, 9.17) is 5.73 Å². The van der Waals surface area contributed by atoms with Crippen LogP contribution in [0.15, 0.2) is 47.4 Å². The number of nitrogens with zero attached hydrogens (tertiary/aromatic N) is 2. The number of piperidine rings is 1. The van der Waals surface area contributed by atoms with Crippen LogP contribution in [0.2, 0.25) is 0 Å². The van der Waals surface area contributed by atoms with E-state index in [1.165, 1.54) is 4.31 Å². The predicted molar refractivity (Wildman–Crippen MR) is 122 cm³/mol. The van der Waals surface area contributed by atoms with Gasteiger partial charge in [-0.3, -0.25) is 9.59 Å². The van der Waals surface area contributed by atoms with Crippen molar-refractivity contribution in [1.82, 2.24) is 9.21 Å². The van der Waals surface area contributed by atoms with E-state index in [0.717, 1.165) is 35.2 Å². The molecule has 0 atom stereocenters. The quantitative estimate of drug-likeness (QED) is 0.531. The van der Waals surface area contributed by atoms with Gasteiger partial charge in [-0.25, -0.2) is 8.42 Å². The van der Waals surface area contributed by atoms with Crippen LogP contribution in [-0.4, -0.2) is 54.6 Å². The number of hydrogen-bond donors (Lipinski definition) is 1. The van der Waals surface area contributed by atoms with E-state index in [9.17, 15) is 44.3 Å². The van der Waals surface area contributed by atoms with Gasteiger partial charge in [-0.15, -0.1) is 0 Å². The number of rotatable bonds is 6. The molecule has 0 unspecified atom stereocenters.